The highest BCUT2D eigenvalue weighted by atomic mass is 16.4. The van der Waals surface area contributed by atoms with Crippen molar-refractivity contribution in [2.45, 2.75) is 13.3 Å². The number of benzene rings is 1. The van der Waals surface area contributed by atoms with E-state index in [9.17, 15) is 4.79 Å². The van der Waals surface area contributed by atoms with E-state index in [0.29, 0.717) is 5.65 Å². The van der Waals surface area contributed by atoms with Crippen molar-refractivity contribution >= 4 is 11.6 Å². The molecule has 0 radical (unpaired) electrons. The molecule has 0 amide bonds. The van der Waals surface area contributed by atoms with Gasteiger partial charge in [-0.2, -0.15) is 0 Å². The van der Waals surface area contributed by atoms with Crippen LogP contribution in [0.4, 0.5) is 0 Å². The number of carboxylic acids is 1. The largest absolute Gasteiger partial charge is 0.478 e. The third-order valence-electron chi connectivity index (χ3n) is 3.43. The van der Waals surface area contributed by atoms with Crippen molar-refractivity contribution in [3.63, 3.8) is 0 Å². The quantitative estimate of drug-likeness (QED) is 0.791. The average molecular weight is 266 g/mol. The summed E-state index contributed by atoms with van der Waals surface area (Å²) in [6, 6.07) is 11.4. The number of imidazole rings is 1. The highest BCUT2D eigenvalue weighted by Crippen LogP contribution is 2.25. The van der Waals surface area contributed by atoms with Gasteiger partial charge in [0.05, 0.1) is 17.5 Å². The Hall–Kier alpha value is -2.62. The Kier molecular flexibility index (Phi) is 2.99. The Labute approximate surface area is 116 Å². The third kappa shape index (κ3) is 1.95. The minimum atomic E-state index is -0.939. The van der Waals surface area contributed by atoms with Crippen LogP contribution in [0.15, 0.2) is 48.8 Å². The molecule has 0 spiro atoms. The van der Waals surface area contributed by atoms with Gasteiger partial charge in [0.15, 0.2) is 0 Å². The lowest BCUT2D eigenvalue weighted by molar-refractivity contribution is 0.0697. The molecule has 0 saturated heterocycles. The van der Waals surface area contributed by atoms with E-state index in [1.165, 1.54) is 5.56 Å². The topological polar surface area (TPSA) is 54.6 Å². The Morgan fingerprint density at radius 2 is 2.10 bits per heavy atom. The molecule has 4 nitrogen and oxygen atoms in total. The van der Waals surface area contributed by atoms with Crippen molar-refractivity contribution in [1.29, 1.82) is 0 Å². The van der Waals surface area contributed by atoms with E-state index in [4.69, 9.17) is 5.11 Å². The number of fused-ring (bicyclic) bond motifs is 1. The normalized spacial score (nSPS) is 10.8. The van der Waals surface area contributed by atoms with Crippen LogP contribution in [0.1, 0.15) is 22.8 Å². The predicted molar refractivity (Wildman–Crippen MR) is 77.0 cm³/mol. The molecule has 0 bridgehead atoms. The van der Waals surface area contributed by atoms with Gasteiger partial charge < -0.3 is 5.11 Å². The molecule has 0 aliphatic heterocycles. The van der Waals surface area contributed by atoms with Crippen LogP contribution >= 0.6 is 0 Å². The summed E-state index contributed by atoms with van der Waals surface area (Å²) in [5.74, 6) is -0.939. The number of aromatic carboxylic acids is 1. The molecule has 0 aliphatic rings. The highest BCUT2D eigenvalue weighted by Gasteiger charge is 2.11. The van der Waals surface area contributed by atoms with E-state index in [1.807, 2.05) is 16.5 Å². The zero-order chi connectivity index (χ0) is 14.1. The van der Waals surface area contributed by atoms with Crippen LogP contribution in [0.5, 0.6) is 0 Å². The van der Waals surface area contributed by atoms with Gasteiger partial charge in [0, 0.05) is 11.8 Å². The summed E-state index contributed by atoms with van der Waals surface area (Å²) in [4.78, 5) is 15.3. The van der Waals surface area contributed by atoms with Crippen molar-refractivity contribution in [2.75, 3.05) is 0 Å². The SMILES string of the molecule is CCc1ccccc1-c1cnc2cc(C(=O)O)ccn12. The first kappa shape index (κ1) is 12.4. The van der Waals surface area contributed by atoms with Crippen LogP contribution < -0.4 is 0 Å². The molecular formula is C16H14N2O2. The number of carbonyl (C=O) groups is 1. The van der Waals surface area contributed by atoms with Crippen LogP contribution in [0.2, 0.25) is 0 Å². The van der Waals surface area contributed by atoms with E-state index >= 15 is 0 Å². The molecule has 100 valence electrons. The molecular weight excluding hydrogens is 252 g/mol. The molecule has 0 aliphatic carbocycles. The summed E-state index contributed by atoms with van der Waals surface area (Å²) < 4.78 is 1.92. The lowest BCUT2D eigenvalue weighted by Gasteiger charge is -2.07. The minimum Gasteiger partial charge on any atom is -0.478 e. The Bertz CT molecular complexity index is 790. The molecule has 20 heavy (non-hydrogen) atoms. The average Bonchev–Trinajstić information content (AvgIpc) is 2.89. The molecule has 2 aromatic heterocycles. The lowest BCUT2D eigenvalue weighted by atomic mass is 10.0. The van der Waals surface area contributed by atoms with Crippen LogP contribution in [0, 0.1) is 0 Å². The van der Waals surface area contributed by atoms with Gasteiger partial charge in [0.25, 0.3) is 0 Å². The Morgan fingerprint density at radius 1 is 1.30 bits per heavy atom. The fraction of sp³-hybridized carbons (Fsp3) is 0.125. The smallest absolute Gasteiger partial charge is 0.335 e. The third-order valence-corrected chi connectivity index (χ3v) is 3.43. The van der Waals surface area contributed by atoms with Gasteiger partial charge in [0.1, 0.15) is 5.65 Å². The molecule has 3 rings (SSSR count). The monoisotopic (exact) mass is 266 g/mol. The first-order chi connectivity index (χ1) is 9.70. The number of hydrogen-bond acceptors (Lipinski definition) is 2. The second-order valence-electron chi connectivity index (χ2n) is 4.60. The summed E-state index contributed by atoms with van der Waals surface area (Å²) in [7, 11) is 0. The van der Waals surface area contributed by atoms with Crippen LogP contribution in [0.3, 0.4) is 0 Å². The second kappa shape index (κ2) is 4.81. The number of hydrogen-bond donors (Lipinski definition) is 1. The zero-order valence-corrected chi connectivity index (χ0v) is 11.1. The number of nitrogens with zero attached hydrogens (tertiary/aromatic N) is 2. The molecule has 0 unspecified atom stereocenters. The van der Waals surface area contributed by atoms with Gasteiger partial charge >= 0.3 is 5.97 Å². The fourth-order valence-electron chi connectivity index (χ4n) is 2.39. The van der Waals surface area contributed by atoms with Crippen LogP contribution in [-0.2, 0) is 6.42 Å². The maximum Gasteiger partial charge on any atom is 0.335 e. The number of pyridine rings is 1. The molecule has 0 fully saturated rings. The first-order valence-electron chi connectivity index (χ1n) is 6.49. The number of carboxylic acid groups (broad SMARTS) is 1. The summed E-state index contributed by atoms with van der Waals surface area (Å²) in [5, 5.41) is 9.01. The van der Waals surface area contributed by atoms with Gasteiger partial charge in [0.2, 0.25) is 0 Å². The van der Waals surface area contributed by atoms with Crippen molar-refractivity contribution in [2.24, 2.45) is 0 Å². The maximum atomic E-state index is 11.0. The predicted octanol–water partition coefficient (Wildman–Crippen LogP) is 3.26. The van der Waals surface area contributed by atoms with Crippen molar-refractivity contribution < 1.29 is 9.90 Å². The summed E-state index contributed by atoms with van der Waals surface area (Å²) in [6.45, 7) is 2.12. The van der Waals surface area contributed by atoms with Gasteiger partial charge in [-0.3, -0.25) is 4.40 Å². The summed E-state index contributed by atoms with van der Waals surface area (Å²) >= 11 is 0. The van der Waals surface area contributed by atoms with Gasteiger partial charge in [-0.15, -0.1) is 0 Å². The molecule has 3 aromatic rings. The molecule has 0 atom stereocenters. The minimum absolute atomic E-state index is 0.249. The van der Waals surface area contributed by atoms with E-state index in [2.05, 4.69) is 24.0 Å². The van der Waals surface area contributed by atoms with Gasteiger partial charge in [-0.25, -0.2) is 9.78 Å². The Morgan fingerprint density at radius 3 is 2.85 bits per heavy atom. The van der Waals surface area contributed by atoms with Gasteiger partial charge in [-0.1, -0.05) is 31.2 Å². The summed E-state index contributed by atoms with van der Waals surface area (Å²) in [6.07, 6.45) is 4.49. The molecule has 4 heteroatoms. The fourth-order valence-corrected chi connectivity index (χ4v) is 2.39. The van der Waals surface area contributed by atoms with Gasteiger partial charge in [-0.05, 0) is 24.1 Å². The second-order valence-corrected chi connectivity index (χ2v) is 4.60. The van der Waals surface area contributed by atoms with E-state index in [-0.39, 0.29) is 5.56 Å². The van der Waals surface area contributed by atoms with Crippen molar-refractivity contribution in [3.05, 3.63) is 59.9 Å². The van der Waals surface area contributed by atoms with E-state index in [1.54, 1.807) is 24.5 Å². The maximum absolute atomic E-state index is 11.0. The molecule has 0 saturated carbocycles. The lowest BCUT2D eigenvalue weighted by Crippen LogP contribution is -1.98. The first-order valence-corrected chi connectivity index (χ1v) is 6.49. The zero-order valence-electron chi connectivity index (χ0n) is 11.1. The highest BCUT2D eigenvalue weighted by molar-refractivity contribution is 5.88. The standard InChI is InChI=1S/C16H14N2O2/c1-2-11-5-3-4-6-13(11)14-10-17-15-9-12(16(19)20)7-8-18(14)15/h3-10H,2H2,1H3,(H,19,20). The van der Waals surface area contributed by atoms with E-state index in [0.717, 1.165) is 17.7 Å². The van der Waals surface area contributed by atoms with Crippen LogP contribution in [0.25, 0.3) is 16.9 Å². The van der Waals surface area contributed by atoms with Crippen molar-refractivity contribution in [3.8, 4) is 11.3 Å². The summed E-state index contributed by atoms with van der Waals surface area (Å²) in [5.41, 5.74) is 4.25. The number of aryl methyl sites for hydroxylation is 1. The molecule has 1 N–H and O–H groups in total. The molecule has 2 heterocycles. The Balaban J connectivity index is 2.20. The number of aromatic nitrogens is 2. The van der Waals surface area contributed by atoms with E-state index < -0.39 is 5.97 Å². The number of rotatable bonds is 3. The van der Waals surface area contributed by atoms with Crippen LogP contribution in [-0.4, -0.2) is 20.5 Å². The van der Waals surface area contributed by atoms with Crippen molar-refractivity contribution in [1.82, 2.24) is 9.38 Å². The molecule has 1 aromatic carbocycles.